The van der Waals surface area contributed by atoms with Crippen LogP contribution in [0.2, 0.25) is 0 Å². The van der Waals surface area contributed by atoms with E-state index in [4.69, 9.17) is 9.26 Å². The molecule has 6 heteroatoms. The maximum absolute atomic E-state index is 12.7. The number of rotatable bonds is 2. The van der Waals surface area contributed by atoms with Crippen molar-refractivity contribution in [2.24, 2.45) is 0 Å². The van der Waals surface area contributed by atoms with E-state index in [-0.39, 0.29) is 11.7 Å². The molecule has 5 rings (SSSR count). The number of carbonyl (C=O) groups is 2. The van der Waals surface area contributed by atoms with E-state index < -0.39 is 5.60 Å². The Morgan fingerprint density at radius 1 is 1.28 bits per heavy atom. The number of fused-ring (bicyclic) bond motifs is 1. The van der Waals surface area contributed by atoms with Gasteiger partial charge in [-0.1, -0.05) is 17.3 Å². The van der Waals surface area contributed by atoms with Crippen molar-refractivity contribution in [1.82, 2.24) is 10.1 Å². The molecule has 1 aliphatic carbocycles. The summed E-state index contributed by atoms with van der Waals surface area (Å²) >= 11 is 0. The van der Waals surface area contributed by atoms with Gasteiger partial charge in [0, 0.05) is 24.9 Å². The fourth-order valence-electron chi connectivity index (χ4n) is 3.80. The topological polar surface area (TPSA) is 72.6 Å². The van der Waals surface area contributed by atoms with E-state index in [9.17, 15) is 9.59 Å². The van der Waals surface area contributed by atoms with Crippen LogP contribution in [-0.4, -0.2) is 40.4 Å². The minimum atomic E-state index is -0.621. The molecule has 0 bridgehead atoms. The summed E-state index contributed by atoms with van der Waals surface area (Å²) in [6.07, 6.45) is 3.15. The standard InChI is InChI=1S/C19H18N2O4/c22-15-10-19(24-16-4-2-1-3-13(15)16)7-8-21(11-19)18(23)14-9-17(25-20-14)12-5-6-12/h1-4,9,12H,5-8,10-11H2. The monoisotopic (exact) mass is 338 g/mol. The second-order valence-corrected chi connectivity index (χ2v) is 7.25. The molecule has 2 aromatic rings. The lowest BCUT2D eigenvalue weighted by Crippen LogP contribution is -2.45. The van der Waals surface area contributed by atoms with Gasteiger partial charge in [0.2, 0.25) is 0 Å². The number of para-hydroxylation sites is 1. The highest BCUT2D eigenvalue weighted by Crippen LogP contribution is 2.41. The maximum atomic E-state index is 12.7. The Kier molecular flexibility index (Phi) is 3.04. The van der Waals surface area contributed by atoms with Crippen molar-refractivity contribution in [3.05, 3.63) is 47.3 Å². The number of ether oxygens (including phenoxy) is 1. The second-order valence-electron chi connectivity index (χ2n) is 7.25. The zero-order valence-electron chi connectivity index (χ0n) is 13.7. The lowest BCUT2D eigenvalue weighted by molar-refractivity contribution is 0.0426. The number of ketones is 1. The first-order valence-corrected chi connectivity index (χ1v) is 8.71. The van der Waals surface area contributed by atoms with Gasteiger partial charge in [-0.15, -0.1) is 0 Å². The van der Waals surface area contributed by atoms with Gasteiger partial charge in [-0.25, -0.2) is 0 Å². The SMILES string of the molecule is O=C1CC2(CCN(C(=O)c3cc(C4CC4)on3)C2)Oc2ccccc21. The van der Waals surface area contributed by atoms with Crippen molar-refractivity contribution in [2.75, 3.05) is 13.1 Å². The molecule has 2 aliphatic heterocycles. The number of carbonyl (C=O) groups excluding carboxylic acids is 2. The summed E-state index contributed by atoms with van der Waals surface area (Å²) in [5, 5.41) is 3.93. The van der Waals surface area contributed by atoms with Crippen molar-refractivity contribution in [3.8, 4) is 5.75 Å². The van der Waals surface area contributed by atoms with Crippen molar-refractivity contribution in [2.45, 2.75) is 37.2 Å². The Morgan fingerprint density at radius 2 is 2.12 bits per heavy atom. The van der Waals surface area contributed by atoms with Crippen molar-refractivity contribution < 1.29 is 18.8 Å². The number of benzene rings is 1. The third-order valence-electron chi connectivity index (χ3n) is 5.33. The van der Waals surface area contributed by atoms with Crippen LogP contribution in [-0.2, 0) is 0 Å². The van der Waals surface area contributed by atoms with E-state index in [1.807, 2.05) is 18.2 Å². The number of Topliss-reactive ketones (excluding diaryl/α,β-unsaturated/α-hetero) is 1. The third kappa shape index (κ3) is 2.44. The van der Waals surface area contributed by atoms with Gasteiger partial charge in [0.05, 0.1) is 18.5 Å². The molecule has 0 radical (unpaired) electrons. The fraction of sp³-hybridized carbons (Fsp3) is 0.421. The zero-order valence-corrected chi connectivity index (χ0v) is 13.7. The van der Waals surface area contributed by atoms with Gasteiger partial charge in [-0.3, -0.25) is 9.59 Å². The first kappa shape index (κ1) is 14.7. The molecule has 2 fully saturated rings. The predicted octanol–water partition coefficient (Wildman–Crippen LogP) is 2.80. The number of hydrogen-bond donors (Lipinski definition) is 0. The Labute approximate surface area is 144 Å². The van der Waals surface area contributed by atoms with Crippen LogP contribution in [0.1, 0.15) is 58.2 Å². The summed E-state index contributed by atoms with van der Waals surface area (Å²) in [5.74, 6) is 1.77. The van der Waals surface area contributed by atoms with E-state index in [0.717, 1.165) is 18.6 Å². The molecule has 1 unspecified atom stereocenters. The molecule has 1 spiro atoms. The lowest BCUT2D eigenvalue weighted by atomic mass is 9.89. The highest BCUT2D eigenvalue weighted by Gasteiger charge is 2.47. The molecule has 6 nitrogen and oxygen atoms in total. The van der Waals surface area contributed by atoms with Crippen LogP contribution < -0.4 is 4.74 Å². The first-order chi connectivity index (χ1) is 12.1. The number of hydrogen-bond acceptors (Lipinski definition) is 5. The first-order valence-electron chi connectivity index (χ1n) is 8.71. The Bertz CT molecular complexity index is 870. The van der Waals surface area contributed by atoms with E-state index in [0.29, 0.717) is 48.9 Å². The molecule has 3 aliphatic rings. The van der Waals surface area contributed by atoms with Crippen LogP contribution in [0.15, 0.2) is 34.9 Å². The lowest BCUT2D eigenvalue weighted by Gasteiger charge is -2.34. The molecule has 1 aromatic carbocycles. The third-order valence-corrected chi connectivity index (χ3v) is 5.33. The van der Waals surface area contributed by atoms with E-state index in [2.05, 4.69) is 5.16 Å². The number of nitrogens with zero attached hydrogens (tertiary/aromatic N) is 2. The molecule has 1 aromatic heterocycles. The summed E-state index contributed by atoms with van der Waals surface area (Å²) in [6, 6.07) is 9.06. The van der Waals surface area contributed by atoms with Crippen LogP contribution in [0.5, 0.6) is 5.75 Å². The summed E-state index contributed by atoms with van der Waals surface area (Å²) in [5.41, 5.74) is 0.356. The second kappa shape index (κ2) is 5.18. The molecule has 1 atom stereocenters. The van der Waals surface area contributed by atoms with E-state index in [1.165, 1.54) is 0 Å². The fourth-order valence-corrected chi connectivity index (χ4v) is 3.80. The number of aromatic nitrogens is 1. The number of likely N-dealkylation sites (tertiary alicyclic amines) is 1. The molecule has 0 N–H and O–H groups in total. The van der Waals surface area contributed by atoms with Gasteiger partial charge >= 0.3 is 0 Å². The van der Waals surface area contributed by atoms with Crippen LogP contribution in [0, 0.1) is 0 Å². The largest absolute Gasteiger partial charge is 0.484 e. The van der Waals surface area contributed by atoms with Crippen molar-refractivity contribution in [1.29, 1.82) is 0 Å². The Balaban J connectivity index is 1.35. The summed E-state index contributed by atoms with van der Waals surface area (Å²) in [4.78, 5) is 26.9. The normalized spacial score (nSPS) is 25.1. The highest BCUT2D eigenvalue weighted by atomic mass is 16.5. The average molecular weight is 338 g/mol. The van der Waals surface area contributed by atoms with Gasteiger partial charge < -0.3 is 14.2 Å². The minimum absolute atomic E-state index is 0.0774. The minimum Gasteiger partial charge on any atom is -0.484 e. The molecule has 3 heterocycles. The van der Waals surface area contributed by atoms with Crippen LogP contribution in [0.4, 0.5) is 0 Å². The van der Waals surface area contributed by atoms with Gasteiger partial charge in [0.1, 0.15) is 17.1 Å². The molecular weight excluding hydrogens is 320 g/mol. The van der Waals surface area contributed by atoms with Gasteiger partial charge in [-0.2, -0.15) is 0 Å². The van der Waals surface area contributed by atoms with Gasteiger partial charge in [-0.05, 0) is 25.0 Å². The van der Waals surface area contributed by atoms with E-state index in [1.54, 1.807) is 17.0 Å². The molecule has 1 saturated carbocycles. The summed E-state index contributed by atoms with van der Waals surface area (Å²) < 4.78 is 11.4. The molecule has 1 saturated heterocycles. The molecular formula is C19H18N2O4. The van der Waals surface area contributed by atoms with Gasteiger partial charge in [0.15, 0.2) is 11.5 Å². The predicted molar refractivity (Wildman–Crippen MR) is 87.7 cm³/mol. The Hall–Kier alpha value is -2.63. The average Bonchev–Trinajstić information content (AvgIpc) is 3.21. The summed E-state index contributed by atoms with van der Waals surface area (Å²) in [7, 11) is 0. The quantitative estimate of drug-likeness (QED) is 0.842. The number of amides is 1. The van der Waals surface area contributed by atoms with Crippen molar-refractivity contribution in [3.63, 3.8) is 0 Å². The van der Waals surface area contributed by atoms with Gasteiger partial charge in [0.25, 0.3) is 5.91 Å². The summed E-state index contributed by atoms with van der Waals surface area (Å²) in [6.45, 7) is 0.956. The van der Waals surface area contributed by atoms with E-state index >= 15 is 0 Å². The maximum Gasteiger partial charge on any atom is 0.276 e. The zero-order chi connectivity index (χ0) is 17.0. The molecule has 128 valence electrons. The van der Waals surface area contributed by atoms with Crippen LogP contribution in [0.25, 0.3) is 0 Å². The van der Waals surface area contributed by atoms with Crippen molar-refractivity contribution >= 4 is 11.7 Å². The Morgan fingerprint density at radius 3 is 2.96 bits per heavy atom. The molecule has 1 amide bonds. The molecule has 25 heavy (non-hydrogen) atoms. The smallest absolute Gasteiger partial charge is 0.276 e. The van der Waals surface area contributed by atoms with Crippen LogP contribution in [0.3, 0.4) is 0 Å². The van der Waals surface area contributed by atoms with Crippen LogP contribution >= 0.6 is 0 Å². The highest BCUT2D eigenvalue weighted by molar-refractivity contribution is 6.00.